The third-order valence-corrected chi connectivity index (χ3v) is 14.2. The first-order chi connectivity index (χ1) is 28.7. The van der Waals surface area contributed by atoms with Gasteiger partial charge in [-0.25, -0.2) is 0 Å². The largest absolute Gasteiger partial charge is 0.536 e. The number of ketones is 1. The summed E-state index contributed by atoms with van der Waals surface area (Å²) in [7, 11) is -0.102. The molecule has 1 amide bonds. The van der Waals surface area contributed by atoms with Crippen molar-refractivity contribution in [3.63, 3.8) is 0 Å². The monoisotopic (exact) mass is 870 g/mol. The molecule has 2 aliphatic rings. The molecule has 1 fully saturated rings. The van der Waals surface area contributed by atoms with Crippen LogP contribution in [0.25, 0.3) is 0 Å². The lowest BCUT2D eigenvalue weighted by atomic mass is 9.92. The van der Waals surface area contributed by atoms with Crippen LogP contribution in [0.1, 0.15) is 152 Å². The summed E-state index contributed by atoms with van der Waals surface area (Å²) < 4.78 is 55.4. The number of allylic oxidation sites excluding steroid dienone is 3. The molecule has 348 valence electrons. The molecule has 0 saturated carbocycles. The maximum Gasteiger partial charge on any atom is 0.536 e. The number of amides is 1. The van der Waals surface area contributed by atoms with Gasteiger partial charge >= 0.3 is 14.8 Å². The van der Waals surface area contributed by atoms with E-state index in [1.807, 2.05) is 48.5 Å². The van der Waals surface area contributed by atoms with Crippen molar-refractivity contribution in [3.05, 3.63) is 22.9 Å². The quantitative estimate of drug-likeness (QED) is 0.0956. The van der Waals surface area contributed by atoms with Crippen LogP contribution in [-0.4, -0.2) is 111 Å². The number of hydrogen-bond acceptors (Lipinski definition) is 12. The van der Waals surface area contributed by atoms with Crippen molar-refractivity contribution < 1.29 is 56.1 Å². The third kappa shape index (κ3) is 19.6. The Bertz CT molecular complexity index is 1290. The van der Waals surface area contributed by atoms with E-state index in [0.717, 1.165) is 49.3 Å². The Morgan fingerprint density at radius 3 is 2.10 bits per heavy atom. The van der Waals surface area contributed by atoms with Crippen molar-refractivity contribution in [2.24, 2.45) is 17.8 Å². The van der Waals surface area contributed by atoms with E-state index in [1.165, 1.54) is 0 Å². The Kier molecular flexibility index (Phi) is 26.5. The zero-order valence-electron chi connectivity index (χ0n) is 39.2. The Balaban J connectivity index is 2.57. The number of rotatable bonds is 15. The molecule has 60 heavy (non-hydrogen) atoms. The number of fused-ring (bicyclic) bond motifs is 1. The Labute approximate surface area is 364 Å². The van der Waals surface area contributed by atoms with Crippen molar-refractivity contribution in [2.45, 2.75) is 182 Å². The van der Waals surface area contributed by atoms with Gasteiger partial charge in [-0.2, -0.15) is 0 Å². The molecule has 2 heterocycles. The SMILES string of the molecule is CCC[C@@H]1OC(=O)[C@@H](C)C[C@H](C)CCCCC(=O)CCC[C@@H](CC)/C=C([Si](OCC)(OCC)OCC)\C=C(/COC)CC[C@H]2OC(C)(C)O[C@H]2C[C@H](OCOC)CNC1=O. The molecule has 0 aliphatic carbocycles. The standard InChI is InChI=1S/C46H83NO12Si/c1-12-20-42-44(49)47-31-39(53-33-52-11)30-43-41(58-46(8,9)59-43)26-25-37(32-51-10)29-40(60(54-14-3,55-15-4)56-16-5)28-36(13-2)22-19-24-38(48)23-18-17-21-34(6)27-35(7)45(50)57-42/h28-29,34-36,39,41-43H,12-27,30-33H2,1-11H3,(H,47,49)/b37-29-,40-28+/t34-,35+,36-,39+,41-,42+,43+/m1/s1. The lowest BCUT2D eigenvalue weighted by Crippen LogP contribution is -2.48. The Hall–Kier alpha value is -2.01. The number of cyclic esters (lactones) is 1. The summed E-state index contributed by atoms with van der Waals surface area (Å²) in [6.07, 6.45) is 12.1. The van der Waals surface area contributed by atoms with E-state index < -0.39 is 26.8 Å². The molecule has 1 saturated heterocycles. The third-order valence-electron chi connectivity index (χ3n) is 11.1. The number of Topliss-reactive ketones (excluding diaryl/α,β-unsaturated/α-hetero) is 1. The van der Waals surface area contributed by atoms with Gasteiger partial charge in [0, 0.05) is 65.0 Å². The second-order valence-corrected chi connectivity index (χ2v) is 19.5. The van der Waals surface area contributed by atoms with Crippen molar-refractivity contribution in [1.29, 1.82) is 0 Å². The zero-order chi connectivity index (χ0) is 44.6. The first-order valence-electron chi connectivity index (χ1n) is 23.0. The first kappa shape index (κ1) is 54.1. The van der Waals surface area contributed by atoms with Gasteiger partial charge in [-0.05, 0) is 103 Å². The number of carbonyl (C=O) groups excluding carboxylic acids is 3. The fraction of sp³-hybridized carbons (Fsp3) is 0.848. The van der Waals surface area contributed by atoms with E-state index in [1.54, 1.807) is 14.2 Å². The molecule has 0 bridgehead atoms. The van der Waals surface area contributed by atoms with Gasteiger partial charge in [-0.3, -0.25) is 14.4 Å². The minimum absolute atomic E-state index is 0.0290. The second kappa shape index (κ2) is 29.4. The van der Waals surface area contributed by atoms with Gasteiger partial charge in [0.2, 0.25) is 0 Å². The summed E-state index contributed by atoms with van der Waals surface area (Å²) in [6.45, 7) is 19.7. The van der Waals surface area contributed by atoms with E-state index in [-0.39, 0.29) is 61.0 Å². The summed E-state index contributed by atoms with van der Waals surface area (Å²) in [6, 6.07) is 0. The van der Waals surface area contributed by atoms with Crippen molar-refractivity contribution in [3.8, 4) is 0 Å². The average Bonchev–Trinajstić information content (AvgIpc) is 3.50. The topological polar surface area (TPSA) is 146 Å². The lowest BCUT2D eigenvalue weighted by molar-refractivity contribution is -0.160. The summed E-state index contributed by atoms with van der Waals surface area (Å²) in [5.74, 6) is -1.19. The highest BCUT2D eigenvalue weighted by molar-refractivity contribution is 6.69. The molecule has 0 unspecified atom stereocenters. The van der Waals surface area contributed by atoms with E-state index in [9.17, 15) is 14.4 Å². The van der Waals surface area contributed by atoms with Crippen molar-refractivity contribution in [1.82, 2.24) is 5.32 Å². The zero-order valence-corrected chi connectivity index (χ0v) is 40.2. The molecular formula is C46H83NO12Si. The highest BCUT2D eigenvalue weighted by Gasteiger charge is 2.45. The van der Waals surface area contributed by atoms with Crippen LogP contribution in [0.2, 0.25) is 0 Å². The molecule has 2 aliphatic heterocycles. The summed E-state index contributed by atoms with van der Waals surface area (Å²) in [4.78, 5) is 39.8. The average molecular weight is 870 g/mol. The van der Waals surface area contributed by atoms with Crippen LogP contribution in [0.3, 0.4) is 0 Å². The highest BCUT2D eigenvalue weighted by Crippen LogP contribution is 2.35. The van der Waals surface area contributed by atoms with Gasteiger partial charge < -0.3 is 47.0 Å². The fourth-order valence-electron chi connectivity index (χ4n) is 8.16. The van der Waals surface area contributed by atoms with Crippen LogP contribution in [0, 0.1) is 17.8 Å². The van der Waals surface area contributed by atoms with Gasteiger partial charge in [0.1, 0.15) is 12.6 Å². The molecule has 0 aromatic rings. The summed E-state index contributed by atoms with van der Waals surface area (Å²) in [5.41, 5.74) is 1.03. The number of ether oxygens (including phenoxy) is 6. The van der Waals surface area contributed by atoms with Gasteiger partial charge in [0.05, 0.1) is 30.8 Å². The number of carbonyl (C=O) groups is 3. The molecule has 13 nitrogen and oxygen atoms in total. The van der Waals surface area contributed by atoms with E-state index >= 15 is 0 Å². The first-order valence-corrected chi connectivity index (χ1v) is 24.7. The predicted octanol–water partition coefficient (Wildman–Crippen LogP) is 8.58. The van der Waals surface area contributed by atoms with E-state index in [4.69, 9.17) is 41.7 Å². The molecule has 7 atom stereocenters. The smallest absolute Gasteiger partial charge is 0.452 e. The maximum atomic E-state index is 13.6. The molecule has 1 N–H and O–H groups in total. The Morgan fingerprint density at radius 1 is 0.817 bits per heavy atom. The van der Waals surface area contributed by atoms with E-state index in [2.05, 4.69) is 31.3 Å². The minimum atomic E-state index is -3.35. The molecule has 0 aromatic carbocycles. The number of hydrogen-bond donors (Lipinski definition) is 1. The van der Waals surface area contributed by atoms with Gasteiger partial charge in [0.15, 0.2) is 11.9 Å². The van der Waals surface area contributed by atoms with Crippen LogP contribution in [-0.2, 0) is 56.1 Å². The molecule has 0 spiro atoms. The van der Waals surface area contributed by atoms with Gasteiger partial charge in [-0.15, -0.1) is 0 Å². The molecule has 0 aromatic heterocycles. The molecule has 14 heteroatoms. The van der Waals surface area contributed by atoms with Crippen LogP contribution in [0.5, 0.6) is 0 Å². The minimum Gasteiger partial charge on any atom is -0.452 e. The molecule has 0 radical (unpaired) electrons. The Morgan fingerprint density at radius 2 is 1.48 bits per heavy atom. The van der Waals surface area contributed by atoms with Crippen LogP contribution in [0.4, 0.5) is 0 Å². The van der Waals surface area contributed by atoms with Gasteiger partial charge in [-0.1, -0.05) is 59.1 Å². The second-order valence-electron chi connectivity index (χ2n) is 16.9. The molecular weight excluding hydrogens is 787 g/mol. The molecule has 2 rings (SSSR count). The number of esters is 1. The van der Waals surface area contributed by atoms with Gasteiger partial charge in [0.25, 0.3) is 5.91 Å². The fourth-order valence-corrected chi connectivity index (χ4v) is 10.9. The summed E-state index contributed by atoms with van der Waals surface area (Å²) >= 11 is 0. The highest BCUT2D eigenvalue weighted by atomic mass is 28.4. The van der Waals surface area contributed by atoms with Crippen LogP contribution >= 0.6 is 0 Å². The lowest BCUT2D eigenvalue weighted by Gasteiger charge is -2.31. The number of methoxy groups -OCH3 is 2. The van der Waals surface area contributed by atoms with Crippen LogP contribution in [0.15, 0.2) is 22.9 Å². The number of nitrogens with one attached hydrogen (secondary N) is 1. The normalized spacial score (nSPS) is 29.9. The van der Waals surface area contributed by atoms with Crippen LogP contribution < -0.4 is 5.32 Å². The van der Waals surface area contributed by atoms with Crippen molar-refractivity contribution in [2.75, 3.05) is 54.0 Å². The predicted molar refractivity (Wildman–Crippen MR) is 235 cm³/mol. The maximum absolute atomic E-state index is 13.6. The van der Waals surface area contributed by atoms with Crippen molar-refractivity contribution >= 4 is 26.5 Å². The summed E-state index contributed by atoms with van der Waals surface area (Å²) in [5, 5.41) is 3.90. The van der Waals surface area contributed by atoms with E-state index in [0.29, 0.717) is 77.8 Å².